The summed E-state index contributed by atoms with van der Waals surface area (Å²) in [5.74, 6) is 0.891. The average molecular weight is 240 g/mol. The lowest BCUT2D eigenvalue weighted by molar-refractivity contribution is 0.0710. The molecule has 1 unspecified atom stereocenters. The molecule has 1 saturated heterocycles. The Balaban J connectivity index is 2.21. The molecule has 16 heavy (non-hydrogen) atoms. The van der Waals surface area contributed by atoms with Gasteiger partial charge >= 0.3 is 0 Å². The van der Waals surface area contributed by atoms with Gasteiger partial charge in [0.05, 0.1) is 5.56 Å². The van der Waals surface area contributed by atoms with Crippen LogP contribution in [-0.2, 0) is 0 Å². The highest BCUT2D eigenvalue weighted by atomic mass is 32.2. The molecule has 1 aliphatic rings. The fraction of sp³-hybridized carbons (Fsp3) is 0.455. The number of aromatic nitrogens is 1. The van der Waals surface area contributed by atoms with Crippen molar-refractivity contribution in [3.63, 3.8) is 0 Å². The van der Waals surface area contributed by atoms with E-state index in [2.05, 4.69) is 4.98 Å². The normalized spacial score (nSPS) is 20.9. The Labute approximate surface area is 98.0 Å². The van der Waals surface area contributed by atoms with E-state index < -0.39 is 5.95 Å². The van der Waals surface area contributed by atoms with Crippen LogP contribution >= 0.6 is 11.8 Å². The number of nitrogens with zero attached hydrogens (tertiary/aromatic N) is 2. The molecule has 1 aromatic rings. The first-order valence-corrected chi connectivity index (χ1v) is 6.35. The van der Waals surface area contributed by atoms with Crippen molar-refractivity contribution in [1.29, 1.82) is 0 Å². The van der Waals surface area contributed by atoms with Gasteiger partial charge < -0.3 is 4.90 Å². The van der Waals surface area contributed by atoms with Crippen molar-refractivity contribution in [2.75, 3.05) is 18.1 Å². The minimum atomic E-state index is -0.682. The van der Waals surface area contributed by atoms with E-state index in [1.165, 1.54) is 12.3 Å². The van der Waals surface area contributed by atoms with E-state index in [0.29, 0.717) is 6.54 Å². The number of rotatable bonds is 1. The highest BCUT2D eigenvalue weighted by Gasteiger charge is 2.26. The van der Waals surface area contributed by atoms with E-state index in [4.69, 9.17) is 0 Å². The Morgan fingerprint density at radius 3 is 3.19 bits per heavy atom. The van der Waals surface area contributed by atoms with Crippen LogP contribution < -0.4 is 0 Å². The van der Waals surface area contributed by atoms with E-state index in [1.54, 1.807) is 11.0 Å². The summed E-state index contributed by atoms with van der Waals surface area (Å²) in [6, 6.07) is 3.23. The number of thioether (sulfide) groups is 1. The second-order valence-corrected chi connectivity index (χ2v) is 4.91. The van der Waals surface area contributed by atoms with Gasteiger partial charge in [0.25, 0.3) is 5.91 Å². The summed E-state index contributed by atoms with van der Waals surface area (Å²) in [4.78, 5) is 17.3. The molecule has 0 bridgehead atoms. The monoisotopic (exact) mass is 240 g/mol. The van der Waals surface area contributed by atoms with Crippen LogP contribution in [-0.4, -0.2) is 39.9 Å². The summed E-state index contributed by atoms with van der Waals surface area (Å²) >= 11 is 1.82. The smallest absolute Gasteiger partial charge is 0.258 e. The maximum atomic E-state index is 13.4. The summed E-state index contributed by atoms with van der Waals surface area (Å²) in [6.45, 7) is 2.66. The Bertz CT molecular complexity index is 399. The zero-order valence-corrected chi connectivity index (χ0v) is 9.84. The van der Waals surface area contributed by atoms with E-state index >= 15 is 0 Å². The van der Waals surface area contributed by atoms with Crippen molar-refractivity contribution >= 4 is 17.7 Å². The molecule has 1 atom stereocenters. The van der Waals surface area contributed by atoms with Crippen LogP contribution in [0.15, 0.2) is 18.3 Å². The molecule has 2 rings (SSSR count). The Hall–Kier alpha value is -1.10. The van der Waals surface area contributed by atoms with Crippen LogP contribution in [0.2, 0.25) is 0 Å². The van der Waals surface area contributed by atoms with Crippen molar-refractivity contribution in [3.05, 3.63) is 29.8 Å². The van der Waals surface area contributed by atoms with Crippen molar-refractivity contribution in [2.24, 2.45) is 0 Å². The van der Waals surface area contributed by atoms with Crippen LogP contribution in [0, 0.1) is 5.95 Å². The molecule has 0 radical (unpaired) electrons. The van der Waals surface area contributed by atoms with Gasteiger partial charge in [-0.3, -0.25) is 4.79 Å². The standard InChI is InChI=1S/C11H13FN2OS/c1-8-7-16-6-5-14(8)11(15)9-3-2-4-13-10(9)12/h2-4,8H,5-7H2,1H3. The van der Waals surface area contributed by atoms with Gasteiger partial charge in [-0.2, -0.15) is 16.2 Å². The van der Waals surface area contributed by atoms with Crippen molar-refractivity contribution in [3.8, 4) is 0 Å². The van der Waals surface area contributed by atoms with Gasteiger partial charge in [0.2, 0.25) is 5.95 Å². The lowest BCUT2D eigenvalue weighted by Gasteiger charge is -2.33. The lowest BCUT2D eigenvalue weighted by Crippen LogP contribution is -2.44. The Morgan fingerprint density at radius 1 is 1.69 bits per heavy atom. The summed E-state index contributed by atoms with van der Waals surface area (Å²) in [5, 5.41) is 0. The van der Waals surface area contributed by atoms with Crippen LogP contribution in [0.4, 0.5) is 4.39 Å². The minimum absolute atomic E-state index is 0.0706. The number of carbonyl (C=O) groups is 1. The molecule has 1 amide bonds. The molecule has 1 aliphatic heterocycles. The Morgan fingerprint density at radius 2 is 2.50 bits per heavy atom. The quantitative estimate of drug-likeness (QED) is 0.702. The van der Waals surface area contributed by atoms with Gasteiger partial charge in [0, 0.05) is 30.3 Å². The van der Waals surface area contributed by atoms with E-state index in [-0.39, 0.29) is 17.5 Å². The first-order valence-electron chi connectivity index (χ1n) is 5.19. The first-order chi connectivity index (χ1) is 7.70. The van der Waals surface area contributed by atoms with Crippen LogP contribution in [0.3, 0.4) is 0 Å². The minimum Gasteiger partial charge on any atom is -0.334 e. The third-order valence-electron chi connectivity index (χ3n) is 2.62. The molecular weight excluding hydrogens is 227 g/mol. The molecule has 2 heterocycles. The second kappa shape index (κ2) is 4.82. The molecule has 0 spiro atoms. The predicted molar refractivity (Wildman–Crippen MR) is 62.0 cm³/mol. The molecule has 3 nitrogen and oxygen atoms in total. The fourth-order valence-electron chi connectivity index (χ4n) is 1.73. The zero-order valence-electron chi connectivity index (χ0n) is 9.02. The highest BCUT2D eigenvalue weighted by Crippen LogP contribution is 2.19. The number of carbonyl (C=O) groups excluding carboxylic acids is 1. The van der Waals surface area contributed by atoms with Gasteiger partial charge in [-0.15, -0.1) is 0 Å². The number of hydrogen-bond acceptors (Lipinski definition) is 3. The number of amides is 1. The predicted octanol–water partition coefficient (Wildman–Crippen LogP) is 1.80. The second-order valence-electron chi connectivity index (χ2n) is 3.76. The maximum Gasteiger partial charge on any atom is 0.258 e. The summed E-state index contributed by atoms with van der Waals surface area (Å²) in [5.41, 5.74) is 0.0706. The third kappa shape index (κ3) is 2.19. The van der Waals surface area contributed by atoms with Gasteiger partial charge in [-0.05, 0) is 19.1 Å². The third-order valence-corrected chi connectivity index (χ3v) is 3.81. The molecule has 1 aromatic heterocycles. The molecule has 0 saturated carbocycles. The molecule has 86 valence electrons. The van der Waals surface area contributed by atoms with Crippen molar-refractivity contribution in [1.82, 2.24) is 9.88 Å². The molecule has 0 aliphatic carbocycles. The van der Waals surface area contributed by atoms with E-state index in [1.807, 2.05) is 18.7 Å². The summed E-state index contributed by atoms with van der Waals surface area (Å²) in [7, 11) is 0. The molecule has 0 aromatic carbocycles. The lowest BCUT2D eigenvalue weighted by atomic mass is 10.2. The first kappa shape index (κ1) is 11.4. The van der Waals surface area contributed by atoms with E-state index in [0.717, 1.165) is 11.5 Å². The SMILES string of the molecule is CC1CSCCN1C(=O)c1cccnc1F. The summed E-state index contributed by atoms with van der Waals surface area (Å²) in [6.07, 6.45) is 1.35. The van der Waals surface area contributed by atoms with Gasteiger partial charge in [0.1, 0.15) is 0 Å². The zero-order chi connectivity index (χ0) is 11.5. The highest BCUT2D eigenvalue weighted by molar-refractivity contribution is 7.99. The molecule has 0 N–H and O–H groups in total. The van der Waals surface area contributed by atoms with Crippen molar-refractivity contribution in [2.45, 2.75) is 13.0 Å². The average Bonchev–Trinajstić information content (AvgIpc) is 2.29. The molecule has 5 heteroatoms. The fourth-order valence-corrected chi connectivity index (χ4v) is 2.74. The molecule has 1 fully saturated rings. The van der Waals surface area contributed by atoms with Crippen LogP contribution in [0.25, 0.3) is 0 Å². The number of hydrogen-bond donors (Lipinski definition) is 0. The van der Waals surface area contributed by atoms with E-state index in [9.17, 15) is 9.18 Å². The van der Waals surface area contributed by atoms with Gasteiger partial charge in [0.15, 0.2) is 0 Å². The van der Waals surface area contributed by atoms with Crippen molar-refractivity contribution < 1.29 is 9.18 Å². The van der Waals surface area contributed by atoms with Crippen LogP contribution in [0.5, 0.6) is 0 Å². The van der Waals surface area contributed by atoms with Gasteiger partial charge in [-0.25, -0.2) is 4.98 Å². The topological polar surface area (TPSA) is 33.2 Å². The van der Waals surface area contributed by atoms with Gasteiger partial charge in [-0.1, -0.05) is 0 Å². The number of halogens is 1. The maximum absolute atomic E-state index is 13.4. The molecular formula is C11H13FN2OS. The summed E-state index contributed by atoms with van der Waals surface area (Å²) < 4.78 is 13.4. The number of pyridine rings is 1. The largest absolute Gasteiger partial charge is 0.334 e. The van der Waals surface area contributed by atoms with Crippen LogP contribution in [0.1, 0.15) is 17.3 Å². The Kier molecular flexibility index (Phi) is 3.43.